The van der Waals surface area contributed by atoms with Crippen molar-refractivity contribution in [2.24, 2.45) is 5.73 Å². The van der Waals surface area contributed by atoms with Gasteiger partial charge in [0, 0.05) is 6.54 Å². The van der Waals surface area contributed by atoms with E-state index < -0.39 is 18.2 Å². The van der Waals surface area contributed by atoms with Gasteiger partial charge in [0.1, 0.15) is 18.3 Å². The normalized spacial score (nSPS) is 48.0. The lowest BCUT2D eigenvalue weighted by Gasteiger charge is -2.21. The molecule has 0 bridgehead atoms. The van der Waals surface area contributed by atoms with E-state index in [4.69, 9.17) is 19.9 Å². The topological polar surface area (TPSA) is 73.9 Å². The molecule has 4 atom stereocenters. The van der Waals surface area contributed by atoms with Crippen LogP contribution in [0.4, 0.5) is 0 Å². The molecule has 0 aromatic rings. The second-order valence-corrected chi connectivity index (χ2v) is 3.87. The van der Waals surface area contributed by atoms with Crippen LogP contribution in [0.2, 0.25) is 0 Å². The molecule has 2 heterocycles. The average molecular weight is 189 g/mol. The van der Waals surface area contributed by atoms with Gasteiger partial charge in [-0.2, -0.15) is 0 Å². The average Bonchev–Trinajstić information content (AvgIpc) is 2.47. The summed E-state index contributed by atoms with van der Waals surface area (Å²) in [6, 6.07) is 0. The molecule has 0 amide bonds. The predicted molar refractivity (Wildman–Crippen MR) is 43.8 cm³/mol. The van der Waals surface area contributed by atoms with Crippen LogP contribution in [0.1, 0.15) is 13.8 Å². The molecule has 0 saturated carbocycles. The van der Waals surface area contributed by atoms with Gasteiger partial charge < -0.3 is 25.1 Å². The second kappa shape index (κ2) is 2.90. The van der Waals surface area contributed by atoms with E-state index in [0.29, 0.717) is 6.54 Å². The highest BCUT2D eigenvalue weighted by Crippen LogP contribution is 2.37. The molecule has 13 heavy (non-hydrogen) atoms. The third kappa shape index (κ3) is 1.47. The summed E-state index contributed by atoms with van der Waals surface area (Å²) >= 11 is 0. The van der Waals surface area contributed by atoms with E-state index in [0.717, 1.165) is 0 Å². The largest absolute Gasteiger partial charge is 0.366 e. The van der Waals surface area contributed by atoms with E-state index >= 15 is 0 Å². The van der Waals surface area contributed by atoms with Gasteiger partial charge in [-0.1, -0.05) is 0 Å². The van der Waals surface area contributed by atoms with Crippen LogP contribution in [0.3, 0.4) is 0 Å². The highest BCUT2D eigenvalue weighted by atomic mass is 16.8. The van der Waals surface area contributed by atoms with Gasteiger partial charge in [0.05, 0.1) is 0 Å². The summed E-state index contributed by atoms with van der Waals surface area (Å²) in [6.07, 6.45) is -1.82. The Kier molecular flexibility index (Phi) is 2.08. The molecule has 3 N–H and O–H groups in total. The molecule has 0 aromatic carbocycles. The minimum Gasteiger partial charge on any atom is -0.366 e. The van der Waals surface area contributed by atoms with Crippen molar-refractivity contribution < 1.29 is 19.3 Å². The van der Waals surface area contributed by atoms with Gasteiger partial charge >= 0.3 is 0 Å². The van der Waals surface area contributed by atoms with E-state index in [-0.39, 0.29) is 12.2 Å². The van der Waals surface area contributed by atoms with Crippen molar-refractivity contribution >= 4 is 0 Å². The molecule has 5 nitrogen and oxygen atoms in total. The Bertz CT molecular complexity index is 208. The van der Waals surface area contributed by atoms with Gasteiger partial charge in [0.25, 0.3) is 0 Å². The summed E-state index contributed by atoms with van der Waals surface area (Å²) in [6.45, 7) is 3.95. The van der Waals surface area contributed by atoms with E-state index in [9.17, 15) is 5.11 Å². The van der Waals surface area contributed by atoms with E-state index in [1.807, 2.05) is 13.8 Å². The molecule has 0 spiro atoms. The molecule has 5 heteroatoms. The summed E-state index contributed by atoms with van der Waals surface area (Å²) < 4.78 is 16.2. The van der Waals surface area contributed by atoms with Crippen LogP contribution < -0.4 is 5.73 Å². The minimum atomic E-state index is -0.916. The highest BCUT2D eigenvalue weighted by molar-refractivity contribution is 4.94. The second-order valence-electron chi connectivity index (χ2n) is 3.87. The van der Waals surface area contributed by atoms with Gasteiger partial charge in [-0.05, 0) is 13.8 Å². The van der Waals surface area contributed by atoms with Gasteiger partial charge in [0.2, 0.25) is 0 Å². The molecule has 2 saturated heterocycles. The van der Waals surface area contributed by atoms with E-state index in [1.165, 1.54) is 0 Å². The lowest BCUT2D eigenvalue weighted by molar-refractivity contribution is -0.218. The molecule has 0 aliphatic carbocycles. The van der Waals surface area contributed by atoms with Crippen LogP contribution in [0.5, 0.6) is 0 Å². The number of hydrogen-bond acceptors (Lipinski definition) is 5. The molecule has 2 aliphatic rings. The van der Waals surface area contributed by atoms with Crippen LogP contribution in [-0.2, 0) is 14.2 Å². The third-order valence-corrected chi connectivity index (χ3v) is 2.36. The fraction of sp³-hybridized carbons (Fsp3) is 1.00. The zero-order chi connectivity index (χ0) is 9.64. The van der Waals surface area contributed by atoms with Crippen molar-refractivity contribution in [3.8, 4) is 0 Å². The molecule has 2 aliphatic heterocycles. The first-order chi connectivity index (χ1) is 6.03. The Morgan fingerprint density at radius 3 is 2.54 bits per heavy atom. The summed E-state index contributed by atoms with van der Waals surface area (Å²) in [5.74, 6) is -0.645. The quantitative estimate of drug-likeness (QED) is 0.564. The molecule has 76 valence electrons. The first kappa shape index (κ1) is 9.36. The van der Waals surface area contributed by atoms with Crippen LogP contribution in [0, 0.1) is 0 Å². The molecule has 2 fully saturated rings. The number of aliphatic hydroxyl groups is 1. The van der Waals surface area contributed by atoms with Crippen LogP contribution >= 0.6 is 0 Å². The van der Waals surface area contributed by atoms with Crippen LogP contribution in [-0.4, -0.2) is 42.0 Å². The van der Waals surface area contributed by atoms with Crippen molar-refractivity contribution in [2.45, 2.75) is 44.2 Å². The fourth-order valence-corrected chi connectivity index (χ4v) is 1.85. The van der Waals surface area contributed by atoms with Crippen LogP contribution in [0.15, 0.2) is 0 Å². The lowest BCUT2D eigenvalue weighted by Crippen LogP contribution is -2.34. The standard InChI is InChI=1S/C8H15NO4/c1-8(2)12-5-4(3-9)11-7(10)6(5)13-8/h4-7,10H,3,9H2,1-2H3/t4-,5-,6?,7?/m1/s1. The Morgan fingerprint density at radius 1 is 1.31 bits per heavy atom. The Morgan fingerprint density at radius 2 is 1.92 bits per heavy atom. The van der Waals surface area contributed by atoms with Crippen molar-refractivity contribution in [3.05, 3.63) is 0 Å². The Labute approximate surface area is 76.8 Å². The van der Waals surface area contributed by atoms with Gasteiger partial charge in [-0.25, -0.2) is 0 Å². The fourth-order valence-electron chi connectivity index (χ4n) is 1.85. The lowest BCUT2D eigenvalue weighted by atomic mass is 10.1. The van der Waals surface area contributed by atoms with Crippen LogP contribution in [0.25, 0.3) is 0 Å². The maximum absolute atomic E-state index is 9.45. The zero-order valence-electron chi connectivity index (χ0n) is 7.77. The van der Waals surface area contributed by atoms with Crippen molar-refractivity contribution in [1.82, 2.24) is 0 Å². The number of rotatable bonds is 1. The SMILES string of the molecule is CC1(C)OC2C(O)O[C@H](CN)[C@H]2O1. The Hall–Kier alpha value is -0.200. The summed E-state index contributed by atoms with van der Waals surface area (Å²) in [5.41, 5.74) is 5.47. The maximum Gasteiger partial charge on any atom is 0.184 e. The summed E-state index contributed by atoms with van der Waals surface area (Å²) in [7, 11) is 0. The molecule has 2 unspecified atom stereocenters. The molecular formula is C8H15NO4. The maximum atomic E-state index is 9.45. The van der Waals surface area contributed by atoms with Gasteiger partial charge in [-0.3, -0.25) is 0 Å². The highest BCUT2D eigenvalue weighted by Gasteiger charge is 2.54. The van der Waals surface area contributed by atoms with Crippen molar-refractivity contribution in [3.63, 3.8) is 0 Å². The molecular weight excluding hydrogens is 174 g/mol. The van der Waals surface area contributed by atoms with Crippen molar-refractivity contribution in [2.75, 3.05) is 6.54 Å². The van der Waals surface area contributed by atoms with E-state index in [1.54, 1.807) is 0 Å². The van der Waals surface area contributed by atoms with E-state index in [2.05, 4.69) is 0 Å². The first-order valence-electron chi connectivity index (χ1n) is 4.43. The van der Waals surface area contributed by atoms with Gasteiger partial charge in [-0.15, -0.1) is 0 Å². The summed E-state index contributed by atoms with van der Waals surface area (Å²) in [4.78, 5) is 0. The smallest absolute Gasteiger partial charge is 0.184 e. The molecule has 2 rings (SSSR count). The minimum absolute atomic E-state index is 0.241. The van der Waals surface area contributed by atoms with Gasteiger partial charge in [0.15, 0.2) is 12.1 Å². The van der Waals surface area contributed by atoms with Crippen molar-refractivity contribution in [1.29, 1.82) is 0 Å². The first-order valence-corrected chi connectivity index (χ1v) is 4.43. The Balaban J connectivity index is 2.12. The predicted octanol–water partition coefficient (Wildman–Crippen LogP) is -0.818. The molecule has 0 aromatic heterocycles. The molecule has 0 radical (unpaired) electrons. The summed E-state index contributed by atoms with van der Waals surface area (Å²) in [5, 5.41) is 9.45. The zero-order valence-corrected chi connectivity index (χ0v) is 7.77. The number of ether oxygens (including phenoxy) is 3. The number of fused-ring (bicyclic) bond motifs is 1. The number of nitrogens with two attached hydrogens (primary N) is 1. The number of hydrogen-bond donors (Lipinski definition) is 2. The third-order valence-electron chi connectivity index (χ3n) is 2.36. The monoisotopic (exact) mass is 189 g/mol. The number of aliphatic hydroxyl groups excluding tert-OH is 1.